The molecule has 1 heterocycles. The van der Waals surface area contributed by atoms with Gasteiger partial charge in [-0.1, -0.05) is 0 Å². The Morgan fingerprint density at radius 1 is 1.29 bits per heavy atom. The number of amides is 2. The normalized spacial score (nSPS) is 10.1. The lowest BCUT2D eigenvalue weighted by Gasteiger charge is -2.08. The zero-order chi connectivity index (χ0) is 15.4. The number of aromatic carboxylic acids is 1. The molecule has 0 bridgehead atoms. The number of hydrogen-bond acceptors (Lipinski definition) is 4. The van der Waals surface area contributed by atoms with Gasteiger partial charge >= 0.3 is 12.0 Å². The topological polar surface area (TPSA) is 98.7 Å². The van der Waals surface area contributed by atoms with E-state index in [-0.39, 0.29) is 5.56 Å². The molecule has 4 N–H and O–H groups in total. The Kier molecular flexibility index (Phi) is 4.81. The Labute approximate surface area is 132 Å². The summed E-state index contributed by atoms with van der Waals surface area (Å²) in [5.74, 6) is -1.63. The number of urea groups is 1. The van der Waals surface area contributed by atoms with Crippen molar-refractivity contribution in [2.75, 3.05) is 5.32 Å². The summed E-state index contributed by atoms with van der Waals surface area (Å²) in [6.07, 6.45) is 0. The third-order valence-electron chi connectivity index (χ3n) is 2.53. The average Bonchev–Trinajstić information content (AvgIpc) is 2.82. The number of anilines is 1. The molecule has 2 amide bonds. The predicted molar refractivity (Wildman–Crippen MR) is 82.9 cm³/mol. The third kappa shape index (κ3) is 4.20. The molecule has 1 aromatic carbocycles. The van der Waals surface area contributed by atoms with Gasteiger partial charge in [0.2, 0.25) is 0 Å². The van der Waals surface area contributed by atoms with E-state index in [1.165, 1.54) is 29.5 Å². The van der Waals surface area contributed by atoms with Crippen LogP contribution in [0.5, 0.6) is 5.75 Å². The molecule has 2 aromatic rings. The number of benzene rings is 1. The van der Waals surface area contributed by atoms with Crippen LogP contribution in [0.3, 0.4) is 0 Å². The van der Waals surface area contributed by atoms with E-state index < -0.39 is 17.7 Å². The highest BCUT2D eigenvalue weighted by Gasteiger charge is 2.11. The maximum Gasteiger partial charge on any atom is 0.339 e. The monoisotopic (exact) mass is 370 g/mol. The van der Waals surface area contributed by atoms with Crippen LogP contribution in [-0.2, 0) is 6.54 Å². The van der Waals surface area contributed by atoms with Crippen LogP contribution in [-0.4, -0.2) is 22.2 Å². The quantitative estimate of drug-likeness (QED) is 0.663. The van der Waals surface area contributed by atoms with Crippen molar-refractivity contribution in [3.8, 4) is 5.75 Å². The zero-order valence-corrected chi connectivity index (χ0v) is 13.0. The number of carbonyl (C=O) groups excluding carboxylic acids is 1. The van der Waals surface area contributed by atoms with Crippen molar-refractivity contribution in [3.05, 3.63) is 44.6 Å². The van der Waals surface area contributed by atoms with Crippen LogP contribution >= 0.6 is 27.3 Å². The van der Waals surface area contributed by atoms with E-state index in [1.54, 1.807) is 0 Å². The van der Waals surface area contributed by atoms with Gasteiger partial charge in [-0.15, -0.1) is 11.3 Å². The van der Waals surface area contributed by atoms with Crippen molar-refractivity contribution < 1.29 is 19.8 Å². The maximum absolute atomic E-state index is 11.7. The number of phenols is 1. The second-order valence-electron chi connectivity index (χ2n) is 4.08. The standard InChI is InChI=1S/C13H11BrN2O4S/c14-7-3-9(21-6-7)5-15-13(20)16-8-1-2-10(12(18)19)11(17)4-8/h1-4,6,17H,5H2,(H,18,19)(H2,15,16,20). The first-order chi connectivity index (χ1) is 9.95. The average molecular weight is 371 g/mol. The molecule has 0 aliphatic heterocycles. The summed E-state index contributed by atoms with van der Waals surface area (Å²) in [5.41, 5.74) is 0.0896. The van der Waals surface area contributed by atoms with E-state index >= 15 is 0 Å². The number of carboxylic acids is 1. The first-order valence-corrected chi connectivity index (χ1v) is 7.47. The molecule has 0 aliphatic rings. The lowest BCUT2D eigenvalue weighted by atomic mass is 10.2. The minimum atomic E-state index is -1.23. The molecular weight excluding hydrogens is 360 g/mol. The minimum Gasteiger partial charge on any atom is -0.507 e. The first-order valence-electron chi connectivity index (χ1n) is 5.80. The Morgan fingerprint density at radius 3 is 2.62 bits per heavy atom. The molecule has 2 rings (SSSR count). The fourth-order valence-corrected chi connectivity index (χ4v) is 2.97. The van der Waals surface area contributed by atoms with Crippen molar-refractivity contribution in [1.82, 2.24) is 5.32 Å². The molecule has 0 saturated carbocycles. The molecule has 0 radical (unpaired) electrons. The highest BCUT2D eigenvalue weighted by atomic mass is 79.9. The predicted octanol–water partition coefficient (Wildman–Crippen LogP) is 3.24. The van der Waals surface area contributed by atoms with Crippen molar-refractivity contribution in [2.24, 2.45) is 0 Å². The van der Waals surface area contributed by atoms with Gasteiger partial charge in [0, 0.05) is 26.5 Å². The highest BCUT2D eigenvalue weighted by molar-refractivity contribution is 9.10. The molecule has 6 nitrogen and oxygen atoms in total. The zero-order valence-electron chi connectivity index (χ0n) is 10.6. The van der Waals surface area contributed by atoms with E-state index in [9.17, 15) is 14.7 Å². The molecule has 110 valence electrons. The van der Waals surface area contributed by atoms with Crippen LogP contribution in [0.25, 0.3) is 0 Å². The van der Waals surface area contributed by atoms with Crippen LogP contribution in [0.1, 0.15) is 15.2 Å². The van der Waals surface area contributed by atoms with E-state index in [1.807, 2.05) is 11.4 Å². The Bertz CT molecular complexity index is 687. The van der Waals surface area contributed by atoms with Crippen molar-refractivity contribution in [1.29, 1.82) is 0 Å². The molecule has 0 saturated heterocycles. The summed E-state index contributed by atoms with van der Waals surface area (Å²) >= 11 is 4.84. The van der Waals surface area contributed by atoms with E-state index in [2.05, 4.69) is 26.6 Å². The molecule has 0 unspecified atom stereocenters. The summed E-state index contributed by atoms with van der Waals surface area (Å²) in [7, 11) is 0. The molecule has 0 fully saturated rings. The van der Waals surface area contributed by atoms with Crippen LogP contribution in [0, 0.1) is 0 Å². The smallest absolute Gasteiger partial charge is 0.339 e. The van der Waals surface area contributed by atoms with Gasteiger partial charge in [0.15, 0.2) is 0 Å². The van der Waals surface area contributed by atoms with Gasteiger partial charge in [-0.3, -0.25) is 0 Å². The van der Waals surface area contributed by atoms with Crippen LogP contribution < -0.4 is 10.6 Å². The number of hydrogen-bond donors (Lipinski definition) is 4. The number of halogens is 1. The van der Waals surface area contributed by atoms with Gasteiger partial charge in [0.1, 0.15) is 11.3 Å². The molecular formula is C13H11BrN2O4S. The summed E-state index contributed by atoms with van der Waals surface area (Å²) in [5, 5.41) is 25.4. The van der Waals surface area contributed by atoms with Crippen LogP contribution in [0.15, 0.2) is 34.1 Å². The SMILES string of the molecule is O=C(NCc1cc(Br)cs1)Nc1ccc(C(=O)O)c(O)c1. The second kappa shape index (κ2) is 6.59. The lowest BCUT2D eigenvalue weighted by molar-refractivity contribution is 0.0694. The van der Waals surface area contributed by atoms with Gasteiger partial charge in [0.25, 0.3) is 0 Å². The Hall–Kier alpha value is -2.06. The number of rotatable bonds is 4. The van der Waals surface area contributed by atoms with Crippen molar-refractivity contribution in [3.63, 3.8) is 0 Å². The van der Waals surface area contributed by atoms with E-state index in [4.69, 9.17) is 5.11 Å². The number of carboxylic acid groups (broad SMARTS) is 1. The summed E-state index contributed by atoms with van der Waals surface area (Å²) in [6.45, 7) is 0.376. The Morgan fingerprint density at radius 2 is 2.05 bits per heavy atom. The lowest BCUT2D eigenvalue weighted by Crippen LogP contribution is -2.27. The fourth-order valence-electron chi connectivity index (χ4n) is 1.58. The van der Waals surface area contributed by atoms with E-state index in [0.29, 0.717) is 12.2 Å². The minimum absolute atomic E-state index is 0.218. The molecule has 1 aromatic heterocycles. The first kappa shape index (κ1) is 15.3. The van der Waals surface area contributed by atoms with Gasteiger partial charge in [-0.05, 0) is 34.1 Å². The summed E-state index contributed by atoms with van der Waals surface area (Å²) in [4.78, 5) is 23.4. The van der Waals surface area contributed by atoms with Crippen LogP contribution in [0.4, 0.5) is 10.5 Å². The molecule has 0 spiro atoms. The summed E-state index contributed by atoms with van der Waals surface area (Å²) in [6, 6.07) is 5.28. The summed E-state index contributed by atoms with van der Waals surface area (Å²) < 4.78 is 0.957. The van der Waals surface area contributed by atoms with Gasteiger partial charge in [0.05, 0.1) is 6.54 Å². The Balaban J connectivity index is 1.93. The second-order valence-corrected chi connectivity index (χ2v) is 5.99. The third-order valence-corrected chi connectivity index (χ3v) is 4.23. The fraction of sp³-hybridized carbons (Fsp3) is 0.0769. The van der Waals surface area contributed by atoms with E-state index in [0.717, 1.165) is 9.35 Å². The largest absolute Gasteiger partial charge is 0.507 e. The van der Waals surface area contributed by atoms with Crippen LogP contribution in [0.2, 0.25) is 0 Å². The van der Waals surface area contributed by atoms with Gasteiger partial charge in [-0.25, -0.2) is 9.59 Å². The number of nitrogens with one attached hydrogen (secondary N) is 2. The molecule has 0 atom stereocenters. The van der Waals surface area contributed by atoms with Crippen molar-refractivity contribution in [2.45, 2.75) is 6.54 Å². The molecule has 21 heavy (non-hydrogen) atoms. The number of thiophene rings is 1. The molecule has 8 heteroatoms. The molecule has 0 aliphatic carbocycles. The van der Waals surface area contributed by atoms with Gasteiger partial charge < -0.3 is 20.8 Å². The van der Waals surface area contributed by atoms with Crippen molar-refractivity contribution >= 4 is 45.0 Å². The maximum atomic E-state index is 11.7. The van der Waals surface area contributed by atoms with Gasteiger partial charge in [-0.2, -0.15) is 0 Å². The number of carbonyl (C=O) groups is 2. The number of aromatic hydroxyl groups is 1. The highest BCUT2D eigenvalue weighted by Crippen LogP contribution is 2.22.